The normalized spacial score (nSPS) is 23.1. The predicted octanol–water partition coefficient (Wildman–Crippen LogP) is 4.16. The Morgan fingerprint density at radius 3 is 2.68 bits per heavy atom. The molecule has 0 saturated carbocycles. The molecule has 1 atom stereocenters. The number of nitrogens with zero attached hydrogens (tertiary/aromatic N) is 1. The molecule has 3 heteroatoms. The highest BCUT2D eigenvalue weighted by Crippen LogP contribution is 2.46. The van der Waals surface area contributed by atoms with Crippen molar-refractivity contribution >= 4 is 17.2 Å². The molecule has 0 N–H and O–H groups in total. The molecule has 4 rings (SSSR count). The minimum absolute atomic E-state index is 0.110. The standard InChI is InChI=1S/C19H16FNO/c1-19-10-9-18(22)21(19)17-8-7-14(20)11-15(17)16(12-19)13-5-3-2-4-6-13/h2-8,11-12H,9-10H2,1H3. The smallest absolute Gasteiger partial charge is 0.227 e. The first-order chi connectivity index (χ1) is 10.6. The lowest BCUT2D eigenvalue weighted by Crippen LogP contribution is -2.44. The molecule has 2 aromatic rings. The molecule has 1 unspecified atom stereocenters. The summed E-state index contributed by atoms with van der Waals surface area (Å²) >= 11 is 0. The first kappa shape index (κ1) is 13.3. The van der Waals surface area contributed by atoms with E-state index < -0.39 is 0 Å². The van der Waals surface area contributed by atoms with Gasteiger partial charge >= 0.3 is 0 Å². The quantitative estimate of drug-likeness (QED) is 0.773. The van der Waals surface area contributed by atoms with E-state index >= 15 is 0 Å². The zero-order valence-electron chi connectivity index (χ0n) is 12.3. The molecule has 110 valence electrons. The summed E-state index contributed by atoms with van der Waals surface area (Å²) in [7, 11) is 0. The average Bonchev–Trinajstić information content (AvgIpc) is 2.83. The highest BCUT2D eigenvalue weighted by molar-refractivity contribution is 6.04. The molecule has 22 heavy (non-hydrogen) atoms. The van der Waals surface area contributed by atoms with E-state index in [1.54, 1.807) is 6.07 Å². The fourth-order valence-electron chi connectivity index (χ4n) is 3.58. The van der Waals surface area contributed by atoms with E-state index in [-0.39, 0.29) is 17.3 Å². The Morgan fingerprint density at radius 2 is 1.91 bits per heavy atom. The van der Waals surface area contributed by atoms with Gasteiger partial charge in [-0.2, -0.15) is 0 Å². The van der Waals surface area contributed by atoms with E-state index in [0.29, 0.717) is 6.42 Å². The summed E-state index contributed by atoms with van der Waals surface area (Å²) in [4.78, 5) is 14.1. The van der Waals surface area contributed by atoms with Crippen molar-refractivity contribution in [2.45, 2.75) is 25.3 Å². The third kappa shape index (κ3) is 1.82. The molecule has 0 bridgehead atoms. The molecular weight excluding hydrogens is 277 g/mol. The van der Waals surface area contributed by atoms with Gasteiger partial charge in [-0.25, -0.2) is 4.39 Å². The number of anilines is 1. The molecule has 2 nitrogen and oxygen atoms in total. The lowest BCUT2D eigenvalue weighted by molar-refractivity contribution is -0.117. The zero-order chi connectivity index (χ0) is 15.3. The molecule has 0 radical (unpaired) electrons. The number of rotatable bonds is 1. The summed E-state index contributed by atoms with van der Waals surface area (Å²) in [6.07, 6.45) is 3.44. The lowest BCUT2D eigenvalue weighted by atomic mass is 9.84. The number of hydrogen-bond acceptors (Lipinski definition) is 1. The van der Waals surface area contributed by atoms with Gasteiger partial charge in [-0.05, 0) is 42.7 Å². The van der Waals surface area contributed by atoms with Crippen molar-refractivity contribution in [3.05, 3.63) is 71.6 Å². The molecule has 1 amide bonds. The van der Waals surface area contributed by atoms with Crippen molar-refractivity contribution in [2.24, 2.45) is 0 Å². The van der Waals surface area contributed by atoms with Crippen molar-refractivity contribution < 1.29 is 9.18 Å². The molecule has 2 aliphatic rings. The van der Waals surface area contributed by atoms with Crippen LogP contribution in [0.2, 0.25) is 0 Å². The Labute approximate surface area is 128 Å². The second-order valence-electron chi connectivity index (χ2n) is 6.17. The molecule has 2 aliphatic heterocycles. The third-order valence-electron chi connectivity index (χ3n) is 4.63. The Balaban J connectivity index is 1.99. The van der Waals surface area contributed by atoms with Crippen LogP contribution in [0.3, 0.4) is 0 Å². The first-order valence-corrected chi connectivity index (χ1v) is 7.50. The van der Waals surface area contributed by atoms with E-state index in [4.69, 9.17) is 0 Å². The third-order valence-corrected chi connectivity index (χ3v) is 4.63. The topological polar surface area (TPSA) is 20.3 Å². The van der Waals surface area contributed by atoms with Crippen LogP contribution in [0.25, 0.3) is 5.57 Å². The van der Waals surface area contributed by atoms with Crippen LogP contribution in [0, 0.1) is 5.82 Å². The summed E-state index contributed by atoms with van der Waals surface area (Å²) in [6.45, 7) is 2.08. The number of hydrogen-bond donors (Lipinski definition) is 0. The van der Waals surface area contributed by atoms with Crippen LogP contribution in [0.5, 0.6) is 0 Å². The maximum atomic E-state index is 13.8. The van der Waals surface area contributed by atoms with Gasteiger partial charge in [0.05, 0.1) is 11.2 Å². The van der Waals surface area contributed by atoms with Crippen LogP contribution < -0.4 is 4.90 Å². The SMILES string of the molecule is CC12C=C(c3ccccc3)c3cc(F)ccc3N1C(=O)CC2. The molecule has 2 aromatic carbocycles. The van der Waals surface area contributed by atoms with Gasteiger partial charge in [-0.15, -0.1) is 0 Å². The second-order valence-corrected chi connectivity index (χ2v) is 6.17. The summed E-state index contributed by atoms with van der Waals surface area (Å²) < 4.78 is 13.8. The van der Waals surface area contributed by atoms with E-state index in [1.807, 2.05) is 35.2 Å². The van der Waals surface area contributed by atoms with Crippen LogP contribution in [-0.2, 0) is 4.79 Å². The van der Waals surface area contributed by atoms with Crippen LogP contribution in [0.1, 0.15) is 30.9 Å². The fraction of sp³-hybridized carbons (Fsp3) is 0.211. The first-order valence-electron chi connectivity index (χ1n) is 7.50. The molecule has 0 aliphatic carbocycles. The Kier molecular flexibility index (Phi) is 2.73. The van der Waals surface area contributed by atoms with E-state index in [2.05, 4.69) is 13.0 Å². The monoisotopic (exact) mass is 293 g/mol. The van der Waals surface area contributed by atoms with Crippen molar-refractivity contribution in [1.29, 1.82) is 0 Å². The largest absolute Gasteiger partial charge is 0.302 e. The van der Waals surface area contributed by atoms with Crippen molar-refractivity contribution in [3.63, 3.8) is 0 Å². The maximum absolute atomic E-state index is 13.8. The molecular formula is C19H16FNO. The number of carbonyl (C=O) groups is 1. The minimum atomic E-state index is -0.326. The fourth-order valence-corrected chi connectivity index (χ4v) is 3.58. The van der Waals surface area contributed by atoms with Gasteiger partial charge in [0, 0.05) is 12.0 Å². The number of amides is 1. The Hall–Kier alpha value is -2.42. The van der Waals surface area contributed by atoms with Gasteiger partial charge < -0.3 is 4.90 Å². The lowest BCUT2D eigenvalue weighted by Gasteiger charge is -2.39. The van der Waals surface area contributed by atoms with E-state index in [0.717, 1.165) is 28.8 Å². The number of halogens is 1. The predicted molar refractivity (Wildman–Crippen MR) is 85.0 cm³/mol. The van der Waals surface area contributed by atoms with E-state index in [9.17, 15) is 9.18 Å². The van der Waals surface area contributed by atoms with Gasteiger partial charge in [-0.1, -0.05) is 36.4 Å². The zero-order valence-corrected chi connectivity index (χ0v) is 12.3. The van der Waals surface area contributed by atoms with Gasteiger partial charge in [0.15, 0.2) is 0 Å². The number of benzene rings is 2. The van der Waals surface area contributed by atoms with Crippen LogP contribution in [0.15, 0.2) is 54.6 Å². The van der Waals surface area contributed by atoms with Crippen molar-refractivity contribution in [3.8, 4) is 0 Å². The van der Waals surface area contributed by atoms with Crippen LogP contribution in [-0.4, -0.2) is 11.4 Å². The van der Waals surface area contributed by atoms with Gasteiger partial charge in [0.2, 0.25) is 5.91 Å². The van der Waals surface area contributed by atoms with E-state index in [1.165, 1.54) is 12.1 Å². The van der Waals surface area contributed by atoms with Crippen molar-refractivity contribution in [2.75, 3.05) is 4.90 Å². The van der Waals surface area contributed by atoms with Gasteiger partial charge in [0.1, 0.15) is 5.82 Å². The molecule has 2 heterocycles. The molecule has 1 saturated heterocycles. The highest BCUT2D eigenvalue weighted by Gasteiger charge is 2.44. The second kappa shape index (κ2) is 4.54. The molecule has 0 aromatic heterocycles. The molecule has 0 spiro atoms. The highest BCUT2D eigenvalue weighted by atomic mass is 19.1. The summed E-state index contributed by atoms with van der Waals surface area (Å²) in [5.74, 6) is -0.172. The summed E-state index contributed by atoms with van der Waals surface area (Å²) in [6, 6.07) is 14.6. The average molecular weight is 293 g/mol. The Bertz CT molecular complexity index is 796. The molecule has 1 fully saturated rings. The number of fused-ring (bicyclic) bond motifs is 3. The van der Waals surface area contributed by atoms with Crippen LogP contribution >= 0.6 is 0 Å². The summed E-state index contributed by atoms with van der Waals surface area (Å²) in [5.41, 5.74) is 3.33. The maximum Gasteiger partial charge on any atom is 0.227 e. The Morgan fingerprint density at radius 1 is 1.14 bits per heavy atom. The van der Waals surface area contributed by atoms with Crippen LogP contribution in [0.4, 0.5) is 10.1 Å². The number of carbonyl (C=O) groups excluding carboxylic acids is 1. The van der Waals surface area contributed by atoms with Gasteiger partial charge in [-0.3, -0.25) is 4.79 Å². The summed E-state index contributed by atoms with van der Waals surface area (Å²) in [5, 5.41) is 0. The van der Waals surface area contributed by atoms with Gasteiger partial charge in [0.25, 0.3) is 0 Å². The minimum Gasteiger partial charge on any atom is -0.302 e. The van der Waals surface area contributed by atoms with Crippen molar-refractivity contribution in [1.82, 2.24) is 0 Å².